The Morgan fingerprint density at radius 1 is 1.20 bits per heavy atom. The molecule has 1 N–H and O–H groups in total. The van der Waals surface area contributed by atoms with Gasteiger partial charge in [-0.3, -0.25) is 4.79 Å². The molecule has 0 unspecified atom stereocenters. The van der Waals surface area contributed by atoms with Crippen LogP contribution in [-0.2, 0) is 16.0 Å². The molecule has 0 saturated carbocycles. The molecule has 0 saturated heterocycles. The first-order chi connectivity index (χ1) is 12.1. The lowest BCUT2D eigenvalue weighted by atomic mass is 10.1. The van der Waals surface area contributed by atoms with Crippen molar-refractivity contribution < 1.29 is 14.3 Å². The number of rotatable bonds is 5. The third kappa shape index (κ3) is 4.18. The second kappa shape index (κ2) is 7.67. The molecular formula is C18H16N2O3S2. The molecule has 0 bridgehead atoms. The SMILES string of the molecule is COC(=O)c1ccc2nc(NC(=O)Cc3ccc(SC)cc3)sc2c1. The molecule has 3 rings (SSSR count). The smallest absolute Gasteiger partial charge is 0.337 e. The Morgan fingerprint density at radius 2 is 1.96 bits per heavy atom. The van der Waals surface area contributed by atoms with Crippen molar-refractivity contribution in [3.05, 3.63) is 53.6 Å². The van der Waals surface area contributed by atoms with E-state index in [2.05, 4.69) is 10.3 Å². The van der Waals surface area contributed by atoms with E-state index >= 15 is 0 Å². The Kier molecular flexibility index (Phi) is 5.35. The first-order valence-corrected chi connectivity index (χ1v) is 9.55. The van der Waals surface area contributed by atoms with Gasteiger partial charge >= 0.3 is 5.97 Å². The van der Waals surface area contributed by atoms with E-state index in [1.807, 2.05) is 30.5 Å². The van der Waals surface area contributed by atoms with Crippen molar-refractivity contribution in [3.63, 3.8) is 0 Å². The van der Waals surface area contributed by atoms with E-state index in [0.717, 1.165) is 20.7 Å². The van der Waals surface area contributed by atoms with Crippen molar-refractivity contribution in [2.24, 2.45) is 0 Å². The quantitative estimate of drug-likeness (QED) is 0.542. The summed E-state index contributed by atoms with van der Waals surface area (Å²) in [6, 6.07) is 13.0. The van der Waals surface area contributed by atoms with Gasteiger partial charge in [0.05, 0.1) is 29.3 Å². The van der Waals surface area contributed by atoms with Gasteiger partial charge in [-0.05, 0) is 42.2 Å². The van der Waals surface area contributed by atoms with Crippen molar-refractivity contribution in [2.75, 3.05) is 18.7 Å². The topological polar surface area (TPSA) is 68.3 Å². The number of aromatic nitrogens is 1. The average Bonchev–Trinajstić information content (AvgIpc) is 3.02. The van der Waals surface area contributed by atoms with Crippen molar-refractivity contribution in [1.82, 2.24) is 4.98 Å². The standard InChI is InChI=1S/C18H16N2O3S2/c1-23-17(22)12-5-8-14-15(10-12)25-18(19-14)20-16(21)9-11-3-6-13(24-2)7-4-11/h3-8,10H,9H2,1-2H3,(H,19,20,21). The van der Waals surface area contributed by atoms with Crippen LogP contribution in [0, 0.1) is 0 Å². The van der Waals surface area contributed by atoms with Crippen LogP contribution in [0.1, 0.15) is 15.9 Å². The van der Waals surface area contributed by atoms with Crippen molar-refractivity contribution >= 4 is 50.3 Å². The molecule has 0 aliphatic rings. The largest absolute Gasteiger partial charge is 0.465 e. The summed E-state index contributed by atoms with van der Waals surface area (Å²) >= 11 is 2.99. The predicted molar refractivity (Wildman–Crippen MR) is 102 cm³/mol. The second-order valence-electron chi connectivity index (χ2n) is 5.27. The molecule has 0 radical (unpaired) electrons. The minimum absolute atomic E-state index is 0.121. The normalized spacial score (nSPS) is 10.6. The molecule has 0 aliphatic heterocycles. The molecule has 1 aromatic heterocycles. The Hall–Kier alpha value is -2.38. The highest BCUT2D eigenvalue weighted by Gasteiger charge is 2.11. The van der Waals surface area contributed by atoms with Crippen molar-refractivity contribution in [3.8, 4) is 0 Å². The van der Waals surface area contributed by atoms with Gasteiger partial charge in [0.2, 0.25) is 5.91 Å². The number of ether oxygens (including phenoxy) is 1. The number of thioether (sulfide) groups is 1. The summed E-state index contributed by atoms with van der Waals surface area (Å²) in [5.74, 6) is -0.515. The number of thiazole rings is 1. The van der Waals surface area contributed by atoms with Gasteiger partial charge in [0.1, 0.15) is 0 Å². The lowest BCUT2D eigenvalue weighted by Crippen LogP contribution is -2.14. The van der Waals surface area contributed by atoms with Gasteiger partial charge in [-0.25, -0.2) is 9.78 Å². The number of hydrogen-bond acceptors (Lipinski definition) is 6. The van der Waals surface area contributed by atoms with E-state index in [1.54, 1.807) is 30.0 Å². The summed E-state index contributed by atoms with van der Waals surface area (Å²) in [7, 11) is 1.34. The van der Waals surface area contributed by atoms with Crippen LogP contribution < -0.4 is 5.32 Å². The van der Waals surface area contributed by atoms with Gasteiger partial charge in [-0.15, -0.1) is 11.8 Å². The average molecular weight is 372 g/mol. The number of anilines is 1. The number of esters is 1. The number of benzene rings is 2. The van der Waals surface area contributed by atoms with E-state index < -0.39 is 5.97 Å². The summed E-state index contributed by atoms with van der Waals surface area (Å²) in [4.78, 5) is 29.3. The summed E-state index contributed by atoms with van der Waals surface area (Å²) in [5, 5.41) is 3.33. The summed E-state index contributed by atoms with van der Waals surface area (Å²) < 4.78 is 5.54. The molecule has 1 heterocycles. The first-order valence-electron chi connectivity index (χ1n) is 7.50. The van der Waals surface area contributed by atoms with Gasteiger partial charge in [0, 0.05) is 4.90 Å². The van der Waals surface area contributed by atoms with Gasteiger partial charge in [-0.1, -0.05) is 23.5 Å². The number of methoxy groups -OCH3 is 1. The molecule has 0 fully saturated rings. The number of nitrogens with zero attached hydrogens (tertiary/aromatic N) is 1. The number of carbonyl (C=O) groups is 2. The van der Waals surface area contributed by atoms with Gasteiger partial charge in [-0.2, -0.15) is 0 Å². The zero-order chi connectivity index (χ0) is 17.8. The minimum atomic E-state index is -0.394. The molecule has 25 heavy (non-hydrogen) atoms. The van der Waals surface area contributed by atoms with Crippen LogP contribution in [0.4, 0.5) is 5.13 Å². The van der Waals surface area contributed by atoms with Crippen LogP contribution in [0.2, 0.25) is 0 Å². The number of fused-ring (bicyclic) bond motifs is 1. The Morgan fingerprint density at radius 3 is 2.64 bits per heavy atom. The Labute approximate surface area is 153 Å². The first kappa shape index (κ1) is 17.4. The predicted octanol–water partition coefficient (Wildman–Crippen LogP) is 3.99. The van der Waals surface area contributed by atoms with Gasteiger partial charge < -0.3 is 10.1 Å². The molecule has 128 valence electrons. The fourth-order valence-electron chi connectivity index (χ4n) is 2.32. The summed E-state index contributed by atoms with van der Waals surface area (Å²) in [6.07, 6.45) is 2.30. The highest BCUT2D eigenvalue weighted by Crippen LogP contribution is 2.27. The molecule has 2 aromatic carbocycles. The number of carbonyl (C=O) groups excluding carboxylic acids is 2. The lowest BCUT2D eigenvalue weighted by Gasteiger charge is -2.03. The molecule has 5 nitrogen and oxygen atoms in total. The minimum Gasteiger partial charge on any atom is -0.465 e. The summed E-state index contributed by atoms with van der Waals surface area (Å²) in [6.45, 7) is 0. The maximum absolute atomic E-state index is 12.2. The van der Waals surface area contributed by atoms with E-state index in [-0.39, 0.29) is 12.3 Å². The van der Waals surface area contributed by atoms with Gasteiger partial charge in [0.25, 0.3) is 0 Å². The number of hydrogen-bond donors (Lipinski definition) is 1. The third-order valence-electron chi connectivity index (χ3n) is 3.58. The summed E-state index contributed by atoms with van der Waals surface area (Å²) in [5.41, 5.74) is 2.15. The van der Waals surface area contributed by atoms with E-state index in [4.69, 9.17) is 4.74 Å². The van der Waals surface area contributed by atoms with Crippen LogP contribution in [-0.4, -0.2) is 30.2 Å². The zero-order valence-corrected chi connectivity index (χ0v) is 15.4. The zero-order valence-electron chi connectivity index (χ0n) is 13.7. The van der Waals surface area contributed by atoms with Crippen molar-refractivity contribution in [2.45, 2.75) is 11.3 Å². The second-order valence-corrected chi connectivity index (χ2v) is 7.18. The fourth-order valence-corrected chi connectivity index (χ4v) is 3.64. The van der Waals surface area contributed by atoms with E-state index in [1.165, 1.54) is 18.4 Å². The van der Waals surface area contributed by atoms with Crippen LogP contribution in [0.3, 0.4) is 0 Å². The van der Waals surface area contributed by atoms with Crippen LogP contribution in [0.25, 0.3) is 10.2 Å². The number of amides is 1. The third-order valence-corrected chi connectivity index (χ3v) is 5.26. The van der Waals surface area contributed by atoms with Crippen molar-refractivity contribution in [1.29, 1.82) is 0 Å². The molecule has 3 aromatic rings. The molecule has 7 heteroatoms. The maximum atomic E-state index is 12.2. The Bertz CT molecular complexity index is 920. The van der Waals surface area contributed by atoms with E-state index in [9.17, 15) is 9.59 Å². The monoisotopic (exact) mass is 372 g/mol. The lowest BCUT2D eigenvalue weighted by molar-refractivity contribution is -0.115. The van der Waals surface area contributed by atoms with Crippen LogP contribution in [0.5, 0.6) is 0 Å². The highest BCUT2D eigenvalue weighted by atomic mass is 32.2. The highest BCUT2D eigenvalue weighted by molar-refractivity contribution is 7.98. The van der Waals surface area contributed by atoms with Gasteiger partial charge in [0.15, 0.2) is 5.13 Å². The fraction of sp³-hybridized carbons (Fsp3) is 0.167. The van der Waals surface area contributed by atoms with E-state index in [0.29, 0.717) is 10.7 Å². The molecule has 1 amide bonds. The molecule has 0 atom stereocenters. The molecule has 0 aliphatic carbocycles. The number of nitrogens with one attached hydrogen (secondary N) is 1. The maximum Gasteiger partial charge on any atom is 0.337 e. The molecule has 0 spiro atoms. The van der Waals surface area contributed by atoms with Crippen LogP contribution in [0.15, 0.2) is 47.4 Å². The molecular weight excluding hydrogens is 356 g/mol. The van der Waals surface area contributed by atoms with Crippen LogP contribution >= 0.6 is 23.1 Å². The Balaban J connectivity index is 1.71.